The maximum absolute atomic E-state index is 4.90. The Balaban J connectivity index is 2.22. The zero-order valence-corrected chi connectivity index (χ0v) is 11.3. The SMILES string of the molecule is CC(=Nc1c(C)cccc1C)C1CCCCC1. The molecule has 1 nitrogen and oxygen atoms in total. The Hall–Kier alpha value is -1.11. The molecule has 0 unspecified atom stereocenters. The lowest BCUT2D eigenvalue weighted by Crippen LogP contribution is -2.14. The van der Waals surface area contributed by atoms with Crippen molar-refractivity contribution in [3.8, 4) is 0 Å². The first-order valence-electron chi connectivity index (χ1n) is 6.80. The van der Waals surface area contributed by atoms with E-state index in [4.69, 9.17) is 4.99 Å². The fourth-order valence-electron chi connectivity index (χ4n) is 2.77. The summed E-state index contributed by atoms with van der Waals surface area (Å²) in [5, 5.41) is 0. The second-order valence-corrected chi connectivity index (χ2v) is 5.33. The summed E-state index contributed by atoms with van der Waals surface area (Å²) in [4.78, 5) is 4.90. The van der Waals surface area contributed by atoms with Gasteiger partial charge in [0, 0.05) is 5.71 Å². The van der Waals surface area contributed by atoms with Crippen molar-refractivity contribution in [3.05, 3.63) is 29.3 Å². The topological polar surface area (TPSA) is 12.4 Å². The van der Waals surface area contributed by atoms with Crippen molar-refractivity contribution in [1.29, 1.82) is 0 Å². The van der Waals surface area contributed by atoms with Gasteiger partial charge in [0.05, 0.1) is 5.69 Å². The van der Waals surface area contributed by atoms with Crippen molar-refractivity contribution < 1.29 is 0 Å². The molecule has 17 heavy (non-hydrogen) atoms. The van der Waals surface area contributed by atoms with Crippen LogP contribution >= 0.6 is 0 Å². The van der Waals surface area contributed by atoms with Crippen molar-refractivity contribution in [2.45, 2.75) is 52.9 Å². The Bertz CT molecular complexity index is 391. The number of aryl methyl sites for hydroxylation is 2. The molecular formula is C16H23N. The smallest absolute Gasteiger partial charge is 0.0687 e. The van der Waals surface area contributed by atoms with Crippen LogP contribution in [-0.4, -0.2) is 5.71 Å². The minimum Gasteiger partial charge on any atom is -0.257 e. The van der Waals surface area contributed by atoms with E-state index in [0.29, 0.717) is 0 Å². The van der Waals surface area contributed by atoms with E-state index in [1.807, 2.05) is 0 Å². The number of rotatable bonds is 2. The molecule has 0 heterocycles. The molecule has 0 aliphatic heterocycles. The average Bonchev–Trinajstić information content (AvgIpc) is 2.35. The van der Waals surface area contributed by atoms with Gasteiger partial charge in [0.1, 0.15) is 0 Å². The summed E-state index contributed by atoms with van der Waals surface area (Å²) in [6.07, 6.45) is 6.84. The van der Waals surface area contributed by atoms with Gasteiger partial charge in [-0.15, -0.1) is 0 Å². The Morgan fingerprint density at radius 1 is 1.06 bits per heavy atom. The van der Waals surface area contributed by atoms with Crippen LogP contribution in [0.1, 0.15) is 50.2 Å². The molecule has 2 rings (SSSR count). The van der Waals surface area contributed by atoms with Gasteiger partial charge in [0.25, 0.3) is 0 Å². The third-order valence-corrected chi connectivity index (χ3v) is 3.92. The van der Waals surface area contributed by atoms with Gasteiger partial charge in [-0.3, -0.25) is 4.99 Å². The highest BCUT2D eigenvalue weighted by Gasteiger charge is 2.16. The molecule has 0 aromatic heterocycles. The maximum atomic E-state index is 4.90. The maximum Gasteiger partial charge on any atom is 0.0687 e. The highest BCUT2D eigenvalue weighted by Crippen LogP contribution is 2.28. The summed E-state index contributed by atoms with van der Waals surface area (Å²) in [6.45, 7) is 6.52. The number of hydrogen-bond acceptors (Lipinski definition) is 1. The minimum absolute atomic E-state index is 0.725. The quantitative estimate of drug-likeness (QED) is 0.634. The molecule has 0 N–H and O–H groups in total. The van der Waals surface area contributed by atoms with Crippen molar-refractivity contribution in [2.24, 2.45) is 10.9 Å². The van der Waals surface area contributed by atoms with Crippen LogP contribution in [0, 0.1) is 19.8 Å². The molecule has 1 saturated carbocycles. The summed E-state index contributed by atoms with van der Waals surface area (Å²) in [6, 6.07) is 6.42. The first-order chi connectivity index (χ1) is 8.18. The van der Waals surface area contributed by atoms with Crippen LogP contribution in [0.15, 0.2) is 23.2 Å². The molecule has 92 valence electrons. The van der Waals surface area contributed by atoms with Gasteiger partial charge in [0.15, 0.2) is 0 Å². The Morgan fingerprint density at radius 3 is 2.24 bits per heavy atom. The zero-order valence-electron chi connectivity index (χ0n) is 11.3. The predicted molar refractivity (Wildman–Crippen MR) is 75.3 cm³/mol. The summed E-state index contributed by atoms with van der Waals surface area (Å²) in [5.41, 5.74) is 5.11. The lowest BCUT2D eigenvalue weighted by molar-refractivity contribution is 0.438. The van der Waals surface area contributed by atoms with E-state index < -0.39 is 0 Å². The fourth-order valence-corrected chi connectivity index (χ4v) is 2.77. The molecule has 0 amide bonds. The molecular weight excluding hydrogens is 206 g/mol. The molecule has 1 heteroatoms. The van der Waals surface area contributed by atoms with Gasteiger partial charge in [-0.2, -0.15) is 0 Å². The predicted octanol–water partition coefficient (Wildman–Crippen LogP) is 4.98. The number of aliphatic imine (C=N–C) groups is 1. The molecule has 0 bridgehead atoms. The molecule has 0 radical (unpaired) electrons. The molecule has 1 aliphatic carbocycles. The first-order valence-corrected chi connectivity index (χ1v) is 6.80. The monoisotopic (exact) mass is 229 g/mol. The Labute approximate surface area is 105 Å². The van der Waals surface area contributed by atoms with E-state index in [9.17, 15) is 0 Å². The van der Waals surface area contributed by atoms with Gasteiger partial charge in [0.2, 0.25) is 0 Å². The number of para-hydroxylation sites is 1. The van der Waals surface area contributed by atoms with E-state index in [1.54, 1.807) is 0 Å². The molecule has 1 aromatic carbocycles. The first kappa shape index (κ1) is 12.3. The van der Waals surface area contributed by atoms with E-state index >= 15 is 0 Å². The van der Waals surface area contributed by atoms with Crippen LogP contribution in [0.5, 0.6) is 0 Å². The third-order valence-electron chi connectivity index (χ3n) is 3.92. The normalized spacial score (nSPS) is 18.4. The van der Waals surface area contributed by atoms with Crippen LogP contribution in [0.4, 0.5) is 5.69 Å². The van der Waals surface area contributed by atoms with Gasteiger partial charge in [-0.05, 0) is 50.7 Å². The zero-order chi connectivity index (χ0) is 12.3. The molecule has 0 spiro atoms. The second-order valence-electron chi connectivity index (χ2n) is 5.33. The summed E-state index contributed by atoms with van der Waals surface area (Å²) < 4.78 is 0. The van der Waals surface area contributed by atoms with Crippen molar-refractivity contribution >= 4 is 11.4 Å². The number of benzene rings is 1. The molecule has 1 fully saturated rings. The molecule has 0 atom stereocenters. The average molecular weight is 229 g/mol. The van der Waals surface area contributed by atoms with E-state index in [-0.39, 0.29) is 0 Å². The van der Waals surface area contributed by atoms with Crippen LogP contribution in [0.2, 0.25) is 0 Å². The van der Waals surface area contributed by atoms with Crippen molar-refractivity contribution in [3.63, 3.8) is 0 Å². The van der Waals surface area contributed by atoms with Crippen molar-refractivity contribution in [2.75, 3.05) is 0 Å². The van der Waals surface area contributed by atoms with Gasteiger partial charge in [-0.25, -0.2) is 0 Å². The largest absolute Gasteiger partial charge is 0.257 e. The summed E-state index contributed by atoms with van der Waals surface area (Å²) in [7, 11) is 0. The van der Waals surface area contributed by atoms with Gasteiger partial charge >= 0.3 is 0 Å². The highest BCUT2D eigenvalue weighted by molar-refractivity contribution is 5.87. The van der Waals surface area contributed by atoms with Gasteiger partial charge < -0.3 is 0 Å². The Morgan fingerprint density at radius 2 is 1.65 bits per heavy atom. The van der Waals surface area contributed by atoms with Crippen LogP contribution < -0.4 is 0 Å². The summed E-state index contributed by atoms with van der Waals surface area (Å²) >= 11 is 0. The van der Waals surface area contributed by atoms with Crippen LogP contribution in [0.3, 0.4) is 0 Å². The number of hydrogen-bond donors (Lipinski definition) is 0. The number of nitrogens with zero attached hydrogens (tertiary/aromatic N) is 1. The minimum atomic E-state index is 0.725. The molecule has 0 saturated heterocycles. The summed E-state index contributed by atoms with van der Waals surface area (Å²) in [5.74, 6) is 0.725. The van der Waals surface area contributed by atoms with E-state index in [0.717, 1.165) is 5.92 Å². The van der Waals surface area contributed by atoms with E-state index in [1.165, 1.54) is 54.6 Å². The highest BCUT2D eigenvalue weighted by atomic mass is 14.8. The fraction of sp³-hybridized carbons (Fsp3) is 0.562. The molecule has 1 aliphatic rings. The third kappa shape index (κ3) is 2.96. The van der Waals surface area contributed by atoms with E-state index in [2.05, 4.69) is 39.0 Å². The van der Waals surface area contributed by atoms with Crippen LogP contribution in [0.25, 0.3) is 0 Å². The lowest BCUT2D eigenvalue weighted by Gasteiger charge is -2.21. The molecule has 1 aromatic rings. The lowest BCUT2D eigenvalue weighted by atomic mass is 9.86. The van der Waals surface area contributed by atoms with Crippen molar-refractivity contribution in [1.82, 2.24) is 0 Å². The second kappa shape index (κ2) is 5.48. The Kier molecular flexibility index (Phi) is 3.98. The standard InChI is InChI=1S/C16H23N/c1-12-8-7-9-13(2)16(12)17-14(3)15-10-5-4-6-11-15/h7-9,15H,4-6,10-11H2,1-3H3. The van der Waals surface area contributed by atoms with Gasteiger partial charge in [-0.1, -0.05) is 37.5 Å². The van der Waals surface area contributed by atoms with Crippen LogP contribution in [-0.2, 0) is 0 Å².